The molecule has 0 unspecified atom stereocenters. The van der Waals surface area contributed by atoms with E-state index in [-0.39, 0.29) is 23.7 Å². The molecule has 1 amide bonds. The SMILES string of the molecule is CN1C/C(=C\c2ccccc2)C(=O)[C@]2(C1)[C@H](c1ccccc1)[C@@H]1CSCN1[C@@]21C(=O)Nc2ccccc21. The Morgan fingerprint density at radius 2 is 1.65 bits per heavy atom. The van der Waals surface area contributed by atoms with Crippen LogP contribution in [0.5, 0.6) is 0 Å². The van der Waals surface area contributed by atoms with Crippen LogP contribution >= 0.6 is 11.8 Å². The third-order valence-corrected chi connectivity index (χ3v) is 9.80. The Kier molecular flexibility index (Phi) is 5.22. The van der Waals surface area contributed by atoms with Crippen LogP contribution in [0, 0.1) is 5.41 Å². The molecule has 2 spiro atoms. The molecule has 4 heterocycles. The largest absolute Gasteiger partial charge is 0.324 e. The zero-order valence-electron chi connectivity index (χ0n) is 20.8. The van der Waals surface area contributed by atoms with Gasteiger partial charge in [0, 0.05) is 53.5 Å². The van der Waals surface area contributed by atoms with Gasteiger partial charge in [-0.15, -0.1) is 11.8 Å². The quantitative estimate of drug-likeness (QED) is 0.514. The predicted molar refractivity (Wildman–Crippen MR) is 148 cm³/mol. The molecule has 186 valence electrons. The van der Waals surface area contributed by atoms with E-state index >= 15 is 4.79 Å². The van der Waals surface area contributed by atoms with E-state index in [1.54, 1.807) is 0 Å². The standard InChI is InChI=1S/C31H29N3O2S/c1-33-17-23(16-21-10-4-2-5-11-21)28(35)30(19-33)27(22-12-6-3-7-13-22)26-18-37-20-34(26)31(30)24-14-8-9-15-25(24)32-29(31)36/h2-16,26-27H,17-20H2,1H3,(H,32,36)/b23-16+/t26-,27+,30-,31-/m0/s1. The molecule has 1 N–H and O–H groups in total. The first-order valence-electron chi connectivity index (χ1n) is 12.9. The van der Waals surface area contributed by atoms with Crippen molar-refractivity contribution in [2.45, 2.75) is 17.5 Å². The zero-order valence-corrected chi connectivity index (χ0v) is 21.6. The van der Waals surface area contributed by atoms with Crippen molar-refractivity contribution in [3.8, 4) is 0 Å². The number of benzene rings is 3. The van der Waals surface area contributed by atoms with E-state index in [2.05, 4.69) is 52.5 Å². The Labute approximate surface area is 221 Å². The van der Waals surface area contributed by atoms with E-state index < -0.39 is 11.0 Å². The highest BCUT2D eigenvalue weighted by Gasteiger charge is 2.78. The second kappa shape index (κ2) is 8.42. The van der Waals surface area contributed by atoms with Crippen molar-refractivity contribution in [1.82, 2.24) is 9.80 Å². The summed E-state index contributed by atoms with van der Waals surface area (Å²) in [5, 5.41) is 3.21. The Morgan fingerprint density at radius 1 is 0.946 bits per heavy atom. The fourth-order valence-electron chi connectivity index (χ4n) is 7.61. The number of anilines is 1. The number of likely N-dealkylation sites (tertiary alicyclic amines) is 1. The smallest absolute Gasteiger partial charge is 0.250 e. The number of para-hydroxylation sites is 1. The van der Waals surface area contributed by atoms with Gasteiger partial charge >= 0.3 is 0 Å². The van der Waals surface area contributed by atoms with E-state index in [9.17, 15) is 4.79 Å². The fraction of sp³-hybridized carbons (Fsp3) is 0.290. The molecule has 5 nitrogen and oxygen atoms in total. The molecule has 0 aromatic heterocycles. The minimum atomic E-state index is -1.07. The molecule has 4 aliphatic heterocycles. The van der Waals surface area contributed by atoms with Crippen LogP contribution < -0.4 is 5.32 Å². The molecule has 0 aliphatic carbocycles. The predicted octanol–water partition coefficient (Wildman–Crippen LogP) is 4.59. The number of nitrogens with one attached hydrogen (secondary N) is 1. The van der Waals surface area contributed by atoms with Crippen molar-refractivity contribution in [1.29, 1.82) is 0 Å². The van der Waals surface area contributed by atoms with Crippen molar-refractivity contribution in [3.05, 3.63) is 107 Å². The van der Waals surface area contributed by atoms with E-state index in [4.69, 9.17) is 0 Å². The molecule has 0 radical (unpaired) electrons. The lowest BCUT2D eigenvalue weighted by Crippen LogP contribution is -2.65. The summed E-state index contributed by atoms with van der Waals surface area (Å²) >= 11 is 1.86. The van der Waals surface area contributed by atoms with Crippen LogP contribution in [0.15, 0.2) is 90.5 Å². The van der Waals surface area contributed by atoms with E-state index in [0.717, 1.165) is 39.6 Å². The van der Waals surface area contributed by atoms with Crippen LogP contribution in [0.3, 0.4) is 0 Å². The van der Waals surface area contributed by atoms with Crippen LogP contribution in [0.4, 0.5) is 5.69 Å². The summed E-state index contributed by atoms with van der Waals surface area (Å²) in [6.45, 7) is 1.09. The summed E-state index contributed by atoms with van der Waals surface area (Å²) in [5.41, 5.74) is 2.64. The number of Topliss-reactive ketones (excluding diaryl/α,β-unsaturated/α-hetero) is 1. The third-order valence-electron chi connectivity index (χ3n) is 8.76. The Hall–Kier alpha value is -3.19. The topological polar surface area (TPSA) is 52.7 Å². The first kappa shape index (κ1) is 23.0. The van der Waals surface area contributed by atoms with Crippen LogP contribution in [0.25, 0.3) is 6.08 Å². The van der Waals surface area contributed by atoms with Gasteiger partial charge in [-0.3, -0.25) is 14.5 Å². The van der Waals surface area contributed by atoms with Crippen LogP contribution in [-0.4, -0.2) is 59.3 Å². The number of fused-ring (bicyclic) bond motifs is 5. The first-order chi connectivity index (χ1) is 18.1. The molecule has 3 aromatic rings. The number of nitrogens with zero attached hydrogens (tertiary/aromatic N) is 2. The van der Waals surface area contributed by atoms with Gasteiger partial charge in [-0.1, -0.05) is 78.9 Å². The highest BCUT2D eigenvalue weighted by atomic mass is 32.2. The maximum atomic E-state index is 15.1. The zero-order chi connectivity index (χ0) is 25.2. The molecule has 3 saturated heterocycles. The Balaban J connectivity index is 1.54. The number of hydrogen-bond donors (Lipinski definition) is 1. The number of amides is 1. The molecule has 4 aliphatic rings. The van der Waals surface area contributed by atoms with Crippen molar-refractivity contribution < 1.29 is 9.59 Å². The summed E-state index contributed by atoms with van der Waals surface area (Å²) in [6.07, 6.45) is 2.03. The second-order valence-electron chi connectivity index (χ2n) is 10.7. The molecular formula is C31H29N3O2S. The lowest BCUT2D eigenvalue weighted by atomic mass is 9.55. The number of piperidine rings is 1. The van der Waals surface area contributed by atoms with Crippen LogP contribution in [0.2, 0.25) is 0 Å². The Morgan fingerprint density at radius 3 is 2.43 bits per heavy atom. The number of ketones is 1. The summed E-state index contributed by atoms with van der Waals surface area (Å²) < 4.78 is 0. The van der Waals surface area contributed by atoms with Gasteiger partial charge in [0.25, 0.3) is 5.91 Å². The summed E-state index contributed by atoms with van der Waals surface area (Å²) in [4.78, 5) is 34.2. The van der Waals surface area contributed by atoms with E-state index in [1.807, 2.05) is 72.4 Å². The van der Waals surface area contributed by atoms with Gasteiger partial charge in [-0.25, -0.2) is 0 Å². The van der Waals surface area contributed by atoms with Gasteiger partial charge in [0.2, 0.25) is 0 Å². The minimum absolute atomic E-state index is 0.0673. The average Bonchev–Trinajstić information content (AvgIpc) is 3.56. The minimum Gasteiger partial charge on any atom is -0.324 e. The molecule has 37 heavy (non-hydrogen) atoms. The van der Waals surface area contributed by atoms with Gasteiger partial charge in [-0.05, 0) is 30.3 Å². The molecule has 3 fully saturated rings. The normalized spacial score (nSPS) is 32.3. The molecule has 4 atom stereocenters. The molecule has 3 aromatic carbocycles. The van der Waals surface area contributed by atoms with Crippen molar-refractivity contribution in [3.63, 3.8) is 0 Å². The first-order valence-corrected chi connectivity index (χ1v) is 14.0. The van der Waals surface area contributed by atoms with Crippen LogP contribution in [-0.2, 0) is 15.1 Å². The molecule has 6 heteroatoms. The molecule has 7 rings (SSSR count). The lowest BCUT2D eigenvalue weighted by molar-refractivity contribution is -0.146. The van der Waals surface area contributed by atoms with Gasteiger partial charge in [0.05, 0.1) is 5.41 Å². The van der Waals surface area contributed by atoms with Gasteiger partial charge < -0.3 is 10.2 Å². The maximum Gasteiger partial charge on any atom is 0.250 e. The number of carbonyl (C=O) groups excluding carboxylic acids is 2. The summed E-state index contributed by atoms with van der Waals surface area (Å²) in [7, 11) is 2.08. The number of rotatable bonds is 2. The highest BCUT2D eigenvalue weighted by Crippen LogP contribution is 2.68. The Bertz CT molecular complexity index is 1420. The summed E-state index contributed by atoms with van der Waals surface area (Å²) in [5.74, 6) is 1.55. The van der Waals surface area contributed by atoms with Gasteiger partial charge in [0.1, 0.15) is 5.54 Å². The number of likely N-dealkylation sites (N-methyl/N-ethyl adjacent to an activating group) is 1. The van der Waals surface area contributed by atoms with Crippen molar-refractivity contribution in [2.75, 3.05) is 37.1 Å². The van der Waals surface area contributed by atoms with E-state index in [0.29, 0.717) is 13.1 Å². The van der Waals surface area contributed by atoms with Crippen LogP contribution in [0.1, 0.15) is 22.6 Å². The molecule has 0 bridgehead atoms. The fourth-order valence-corrected chi connectivity index (χ4v) is 8.91. The molecular weight excluding hydrogens is 478 g/mol. The second-order valence-corrected chi connectivity index (χ2v) is 11.7. The van der Waals surface area contributed by atoms with Gasteiger partial charge in [0.15, 0.2) is 5.78 Å². The average molecular weight is 508 g/mol. The number of thioether (sulfide) groups is 1. The third kappa shape index (κ3) is 3.00. The van der Waals surface area contributed by atoms with Crippen molar-refractivity contribution in [2.24, 2.45) is 5.41 Å². The van der Waals surface area contributed by atoms with Crippen molar-refractivity contribution >= 4 is 35.2 Å². The maximum absolute atomic E-state index is 15.1. The monoisotopic (exact) mass is 507 g/mol. The highest BCUT2D eigenvalue weighted by molar-refractivity contribution is 7.99. The van der Waals surface area contributed by atoms with Gasteiger partial charge in [-0.2, -0.15) is 0 Å². The summed E-state index contributed by atoms with van der Waals surface area (Å²) in [6, 6.07) is 28.6. The molecule has 0 saturated carbocycles. The number of carbonyl (C=O) groups is 2. The number of hydrogen-bond acceptors (Lipinski definition) is 5. The lowest BCUT2D eigenvalue weighted by Gasteiger charge is -2.51. The van der Waals surface area contributed by atoms with E-state index in [1.165, 1.54) is 0 Å².